The van der Waals surface area contributed by atoms with Crippen molar-refractivity contribution in [2.24, 2.45) is 0 Å². The normalized spacial score (nSPS) is 16.1. The number of H-pyrrole nitrogens is 1. The van der Waals surface area contributed by atoms with Crippen molar-refractivity contribution in [1.29, 1.82) is 0 Å². The van der Waals surface area contributed by atoms with Gasteiger partial charge in [-0.25, -0.2) is 4.79 Å². The fourth-order valence-corrected chi connectivity index (χ4v) is 2.16. The van der Waals surface area contributed by atoms with Gasteiger partial charge < -0.3 is 19.7 Å². The van der Waals surface area contributed by atoms with E-state index in [0.29, 0.717) is 25.9 Å². The molecule has 0 unspecified atom stereocenters. The van der Waals surface area contributed by atoms with Crippen LogP contribution in [0, 0.1) is 0 Å². The topological polar surface area (TPSA) is 99.7 Å². The van der Waals surface area contributed by atoms with Crippen LogP contribution in [0.3, 0.4) is 0 Å². The number of aromatic amines is 1. The number of nitrogens with one attached hydrogen (secondary N) is 1. The molecular formula is C13H16N2O5. The summed E-state index contributed by atoms with van der Waals surface area (Å²) >= 11 is 0. The van der Waals surface area contributed by atoms with Gasteiger partial charge in [-0.05, 0) is 18.9 Å². The summed E-state index contributed by atoms with van der Waals surface area (Å²) in [6.45, 7) is 0.657. The molecule has 0 radical (unpaired) electrons. The van der Waals surface area contributed by atoms with E-state index in [1.54, 1.807) is 11.0 Å². The van der Waals surface area contributed by atoms with Gasteiger partial charge in [0.1, 0.15) is 12.3 Å². The van der Waals surface area contributed by atoms with Gasteiger partial charge in [-0.15, -0.1) is 0 Å². The molecule has 0 atom stereocenters. The summed E-state index contributed by atoms with van der Waals surface area (Å²) in [5.41, 5.74) is -0.0436. The van der Waals surface area contributed by atoms with E-state index in [1.807, 2.05) is 0 Å². The largest absolute Gasteiger partial charge is 0.480 e. The zero-order valence-corrected chi connectivity index (χ0v) is 10.9. The van der Waals surface area contributed by atoms with Crippen LogP contribution in [0.5, 0.6) is 0 Å². The van der Waals surface area contributed by atoms with Crippen LogP contribution in [-0.4, -0.2) is 52.7 Å². The summed E-state index contributed by atoms with van der Waals surface area (Å²) in [4.78, 5) is 37.9. The van der Waals surface area contributed by atoms with Crippen LogP contribution in [0.15, 0.2) is 23.0 Å². The molecule has 7 heteroatoms. The van der Waals surface area contributed by atoms with E-state index in [2.05, 4.69) is 4.98 Å². The first-order chi connectivity index (χ1) is 9.56. The molecule has 0 aliphatic carbocycles. The smallest absolute Gasteiger partial charge is 0.329 e. The Morgan fingerprint density at radius 3 is 2.65 bits per heavy atom. The molecule has 0 saturated carbocycles. The Morgan fingerprint density at radius 1 is 1.35 bits per heavy atom. The highest BCUT2D eigenvalue weighted by Crippen LogP contribution is 2.15. The Labute approximate surface area is 115 Å². The number of aliphatic carboxylic acids is 1. The summed E-state index contributed by atoms with van der Waals surface area (Å²) < 4.78 is 5.20. The van der Waals surface area contributed by atoms with Gasteiger partial charge >= 0.3 is 5.97 Å². The number of likely N-dealkylation sites (tertiary alicyclic amines) is 1. The molecule has 1 saturated heterocycles. The number of carbonyl (C=O) groups is 2. The SMILES string of the molecule is O=C(O)COC1CCN(C(=O)c2cccc(=O)[nH]2)CC1. The molecule has 2 rings (SSSR count). The molecule has 1 aliphatic heterocycles. The number of nitrogens with zero attached hydrogens (tertiary/aromatic N) is 1. The first-order valence-electron chi connectivity index (χ1n) is 6.38. The molecule has 1 aliphatic rings. The maximum atomic E-state index is 12.1. The second-order valence-electron chi connectivity index (χ2n) is 4.63. The predicted octanol–water partition coefficient (Wildman–Crippen LogP) is 0.0807. The van der Waals surface area contributed by atoms with Crippen LogP contribution in [0.2, 0.25) is 0 Å². The monoisotopic (exact) mass is 280 g/mol. The minimum Gasteiger partial charge on any atom is -0.480 e. The van der Waals surface area contributed by atoms with E-state index in [1.165, 1.54) is 12.1 Å². The van der Waals surface area contributed by atoms with Crippen LogP contribution in [-0.2, 0) is 9.53 Å². The average molecular weight is 280 g/mol. The third-order valence-electron chi connectivity index (χ3n) is 3.17. The fraction of sp³-hybridized carbons (Fsp3) is 0.462. The lowest BCUT2D eigenvalue weighted by atomic mass is 10.1. The molecule has 0 bridgehead atoms. The zero-order valence-electron chi connectivity index (χ0n) is 10.9. The van der Waals surface area contributed by atoms with Gasteiger partial charge in [0.05, 0.1) is 6.10 Å². The van der Waals surface area contributed by atoms with Crippen LogP contribution in [0.1, 0.15) is 23.3 Å². The maximum Gasteiger partial charge on any atom is 0.329 e. The van der Waals surface area contributed by atoms with Crippen molar-refractivity contribution in [2.45, 2.75) is 18.9 Å². The molecule has 1 amide bonds. The highest BCUT2D eigenvalue weighted by atomic mass is 16.5. The number of aromatic nitrogens is 1. The second kappa shape index (κ2) is 6.33. The molecule has 2 N–H and O–H groups in total. The minimum atomic E-state index is -0.995. The first-order valence-corrected chi connectivity index (χ1v) is 6.38. The first kappa shape index (κ1) is 14.3. The van der Waals surface area contributed by atoms with E-state index in [0.717, 1.165) is 0 Å². The number of pyridine rings is 1. The Hall–Kier alpha value is -2.15. The predicted molar refractivity (Wildman–Crippen MR) is 69.6 cm³/mol. The third-order valence-corrected chi connectivity index (χ3v) is 3.17. The van der Waals surface area contributed by atoms with Gasteiger partial charge in [-0.3, -0.25) is 9.59 Å². The van der Waals surface area contributed by atoms with Gasteiger partial charge in [-0.2, -0.15) is 0 Å². The lowest BCUT2D eigenvalue weighted by molar-refractivity contribution is -0.145. The molecule has 1 aromatic rings. The molecule has 108 valence electrons. The standard InChI is InChI=1S/C13H16N2O5/c16-11-3-1-2-10(14-11)13(19)15-6-4-9(5-7-15)20-8-12(17)18/h1-3,9H,4-8H2,(H,14,16)(H,17,18). The quantitative estimate of drug-likeness (QED) is 0.813. The summed E-state index contributed by atoms with van der Waals surface area (Å²) in [6, 6.07) is 4.45. The van der Waals surface area contributed by atoms with Crippen LogP contribution in [0.4, 0.5) is 0 Å². The van der Waals surface area contributed by atoms with E-state index in [4.69, 9.17) is 9.84 Å². The van der Waals surface area contributed by atoms with Gasteiger partial charge in [0.15, 0.2) is 0 Å². The Morgan fingerprint density at radius 2 is 2.05 bits per heavy atom. The number of hydrogen-bond donors (Lipinski definition) is 2. The van der Waals surface area contributed by atoms with E-state index < -0.39 is 5.97 Å². The molecule has 1 aromatic heterocycles. The number of carbonyl (C=O) groups excluding carboxylic acids is 1. The second-order valence-corrected chi connectivity index (χ2v) is 4.63. The van der Waals surface area contributed by atoms with Crippen LogP contribution >= 0.6 is 0 Å². The van der Waals surface area contributed by atoms with Crippen LogP contribution < -0.4 is 5.56 Å². The van der Waals surface area contributed by atoms with Crippen molar-refractivity contribution in [2.75, 3.05) is 19.7 Å². The van der Waals surface area contributed by atoms with Crippen molar-refractivity contribution >= 4 is 11.9 Å². The van der Waals surface area contributed by atoms with E-state index >= 15 is 0 Å². The zero-order chi connectivity index (χ0) is 14.5. The van der Waals surface area contributed by atoms with Gasteiger partial charge in [0.2, 0.25) is 5.56 Å². The Balaban J connectivity index is 1.89. The number of carboxylic acids is 1. The molecule has 0 aromatic carbocycles. The number of hydrogen-bond acceptors (Lipinski definition) is 4. The number of rotatable bonds is 4. The number of piperidine rings is 1. The van der Waals surface area contributed by atoms with Gasteiger partial charge in [0, 0.05) is 19.2 Å². The molecule has 0 spiro atoms. The average Bonchev–Trinajstić information content (AvgIpc) is 2.45. The van der Waals surface area contributed by atoms with Crippen molar-refractivity contribution < 1.29 is 19.4 Å². The van der Waals surface area contributed by atoms with Crippen molar-refractivity contribution in [3.8, 4) is 0 Å². The van der Waals surface area contributed by atoms with Crippen LogP contribution in [0.25, 0.3) is 0 Å². The molecular weight excluding hydrogens is 264 g/mol. The third kappa shape index (κ3) is 3.67. The lowest BCUT2D eigenvalue weighted by Crippen LogP contribution is -2.41. The van der Waals surface area contributed by atoms with E-state index in [9.17, 15) is 14.4 Å². The molecule has 20 heavy (non-hydrogen) atoms. The summed E-state index contributed by atoms with van der Waals surface area (Å²) in [7, 11) is 0. The summed E-state index contributed by atoms with van der Waals surface area (Å²) in [5, 5.41) is 8.54. The molecule has 1 fully saturated rings. The van der Waals surface area contributed by atoms with E-state index in [-0.39, 0.29) is 29.9 Å². The van der Waals surface area contributed by atoms with Gasteiger partial charge in [-0.1, -0.05) is 6.07 Å². The maximum absolute atomic E-state index is 12.1. The molecule has 2 heterocycles. The van der Waals surface area contributed by atoms with Gasteiger partial charge in [0.25, 0.3) is 5.91 Å². The number of carboxylic acid groups (broad SMARTS) is 1. The van der Waals surface area contributed by atoms with Crippen molar-refractivity contribution in [1.82, 2.24) is 9.88 Å². The minimum absolute atomic E-state index is 0.134. The highest BCUT2D eigenvalue weighted by Gasteiger charge is 2.24. The lowest BCUT2D eigenvalue weighted by Gasteiger charge is -2.31. The fourth-order valence-electron chi connectivity index (χ4n) is 2.16. The summed E-state index contributed by atoms with van der Waals surface area (Å²) in [6.07, 6.45) is 1.05. The Bertz CT molecular complexity index is 546. The number of amides is 1. The summed E-state index contributed by atoms with van der Waals surface area (Å²) in [5.74, 6) is -1.22. The molecule has 7 nitrogen and oxygen atoms in total. The van der Waals surface area contributed by atoms with Crippen molar-refractivity contribution in [3.05, 3.63) is 34.2 Å². The van der Waals surface area contributed by atoms with Crippen molar-refractivity contribution in [3.63, 3.8) is 0 Å². The Kier molecular flexibility index (Phi) is 4.52. The highest BCUT2D eigenvalue weighted by molar-refractivity contribution is 5.92. The number of ether oxygens (including phenoxy) is 1.